The quantitative estimate of drug-likeness (QED) is 0.770. The Morgan fingerprint density at radius 3 is 1.40 bits per heavy atom. The van der Waals surface area contributed by atoms with Gasteiger partial charge in [-0.25, -0.2) is 0 Å². The lowest BCUT2D eigenvalue weighted by atomic mass is 10.2. The first-order valence-corrected chi connectivity index (χ1v) is 7.98. The first-order valence-electron chi connectivity index (χ1n) is 7.98. The summed E-state index contributed by atoms with van der Waals surface area (Å²) < 4.78 is 10.1. The Morgan fingerprint density at radius 1 is 0.720 bits per heavy atom. The van der Waals surface area contributed by atoms with Crippen molar-refractivity contribution < 1.29 is 19.1 Å². The maximum absolute atomic E-state index is 11.9. The van der Waals surface area contributed by atoms with Crippen molar-refractivity contribution in [3.05, 3.63) is 48.5 Å². The Balaban J connectivity index is 1.69. The van der Waals surface area contributed by atoms with Gasteiger partial charge in [-0.3, -0.25) is 9.59 Å². The third-order valence-electron chi connectivity index (χ3n) is 3.56. The van der Waals surface area contributed by atoms with Crippen LogP contribution in [-0.4, -0.2) is 26.0 Å². The molecule has 0 bridgehead atoms. The lowest BCUT2D eigenvalue weighted by Crippen LogP contribution is -2.14. The summed E-state index contributed by atoms with van der Waals surface area (Å²) in [5.74, 6) is 1.21. The summed E-state index contributed by atoms with van der Waals surface area (Å²) in [6.45, 7) is 0. The van der Waals surface area contributed by atoms with Crippen molar-refractivity contribution in [1.29, 1.82) is 0 Å². The number of carbonyl (C=O) groups excluding carboxylic acids is 2. The van der Waals surface area contributed by atoms with Gasteiger partial charge in [-0.05, 0) is 55.0 Å². The molecule has 2 rings (SSSR count). The summed E-state index contributed by atoms with van der Waals surface area (Å²) >= 11 is 0. The van der Waals surface area contributed by atoms with Crippen LogP contribution >= 0.6 is 0 Å². The molecule has 0 aliphatic rings. The number of methoxy groups -OCH3 is 2. The van der Waals surface area contributed by atoms with E-state index in [9.17, 15) is 9.59 Å². The van der Waals surface area contributed by atoms with E-state index < -0.39 is 0 Å². The highest BCUT2D eigenvalue weighted by Crippen LogP contribution is 2.16. The van der Waals surface area contributed by atoms with Crippen LogP contribution in [-0.2, 0) is 9.59 Å². The molecule has 0 saturated carbocycles. The summed E-state index contributed by atoms with van der Waals surface area (Å²) in [5.41, 5.74) is 1.40. The van der Waals surface area contributed by atoms with Crippen molar-refractivity contribution in [3.63, 3.8) is 0 Å². The number of hydrogen-bond acceptors (Lipinski definition) is 4. The average Bonchev–Trinajstić information content (AvgIpc) is 2.63. The lowest BCUT2D eigenvalue weighted by Gasteiger charge is -2.07. The average molecular weight is 342 g/mol. The zero-order chi connectivity index (χ0) is 18.1. The van der Waals surface area contributed by atoms with Crippen LogP contribution in [0.15, 0.2) is 48.5 Å². The van der Waals surface area contributed by atoms with E-state index in [0.29, 0.717) is 17.8 Å². The molecule has 0 radical (unpaired) electrons. The van der Waals surface area contributed by atoms with Gasteiger partial charge in [0.05, 0.1) is 14.2 Å². The van der Waals surface area contributed by atoms with Gasteiger partial charge >= 0.3 is 0 Å². The molecule has 0 aliphatic heterocycles. The fourth-order valence-corrected chi connectivity index (χ4v) is 2.21. The van der Waals surface area contributed by atoms with Crippen molar-refractivity contribution >= 4 is 23.2 Å². The first kappa shape index (κ1) is 18.3. The van der Waals surface area contributed by atoms with Crippen LogP contribution in [0.2, 0.25) is 0 Å². The van der Waals surface area contributed by atoms with Crippen LogP contribution in [0.1, 0.15) is 19.3 Å². The molecule has 2 amide bonds. The Bertz CT molecular complexity index is 635. The molecule has 0 unspecified atom stereocenters. The van der Waals surface area contributed by atoms with Gasteiger partial charge in [0.2, 0.25) is 11.8 Å². The van der Waals surface area contributed by atoms with E-state index in [1.807, 2.05) is 0 Å². The van der Waals surface area contributed by atoms with Crippen molar-refractivity contribution in [1.82, 2.24) is 0 Å². The molecule has 6 heteroatoms. The summed E-state index contributed by atoms with van der Waals surface area (Å²) in [6.07, 6.45) is 1.04. The number of anilines is 2. The fourth-order valence-electron chi connectivity index (χ4n) is 2.21. The molecule has 0 fully saturated rings. The normalized spacial score (nSPS) is 10.0. The van der Waals surface area contributed by atoms with Gasteiger partial charge in [0.15, 0.2) is 0 Å². The highest BCUT2D eigenvalue weighted by Gasteiger charge is 2.07. The number of hydrogen-bond donors (Lipinski definition) is 2. The van der Waals surface area contributed by atoms with E-state index in [4.69, 9.17) is 9.47 Å². The molecule has 0 aliphatic carbocycles. The second-order valence-corrected chi connectivity index (χ2v) is 5.41. The van der Waals surface area contributed by atoms with Crippen LogP contribution in [0.4, 0.5) is 11.4 Å². The fraction of sp³-hybridized carbons (Fsp3) is 0.263. The summed E-state index contributed by atoms with van der Waals surface area (Å²) in [4.78, 5) is 23.8. The Hall–Kier alpha value is -3.02. The highest BCUT2D eigenvalue weighted by molar-refractivity contribution is 5.93. The van der Waals surface area contributed by atoms with Crippen LogP contribution in [0.25, 0.3) is 0 Å². The molecule has 2 aromatic carbocycles. The number of carbonyl (C=O) groups is 2. The molecule has 0 aromatic heterocycles. The maximum atomic E-state index is 11.9. The van der Waals surface area contributed by atoms with Crippen LogP contribution in [0.3, 0.4) is 0 Å². The smallest absolute Gasteiger partial charge is 0.224 e. The van der Waals surface area contributed by atoms with Gasteiger partial charge in [-0.15, -0.1) is 0 Å². The molecule has 2 aromatic rings. The van der Waals surface area contributed by atoms with Gasteiger partial charge in [0.1, 0.15) is 11.5 Å². The van der Waals surface area contributed by atoms with E-state index in [1.165, 1.54) is 0 Å². The number of amides is 2. The van der Waals surface area contributed by atoms with E-state index in [-0.39, 0.29) is 24.7 Å². The van der Waals surface area contributed by atoms with Gasteiger partial charge in [0.25, 0.3) is 0 Å². The van der Waals surface area contributed by atoms with Crippen molar-refractivity contribution in [3.8, 4) is 11.5 Å². The summed E-state index contributed by atoms with van der Waals surface area (Å²) in [7, 11) is 3.18. The number of ether oxygens (including phenoxy) is 2. The first-order chi connectivity index (χ1) is 12.1. The van der Waals surface area contributed by atoms with Crippen LogP contribution in [0.5, 0.6) is 11.5 Å². The monoisotopic (exact) mass is 342 g/mol. The highest BCUT2D eigenvalue weighted by atomic mass is 16.5. The molecular formula is C19H22N2O4. The van der Waals surface area contributed by atoms with E-state index >= 15 is 0 Å². The summed E-state index contributed by atoms with van der Waals surface area (Å²) in [6, 6.07) is 14.2. The zero-order valence-corrected chi connectivity index (χ0v) is 14.4. The van der Waals surface area contributed by atoms with Crippen LogP contribution in [0, 0.1) is 0 Å². The van der Waals surface area contributed by atoms with Crippen molar-refractivity contribution in [2.75, 3.05) is 24.9 Å². The molecule has 0 atom stereocenters. The van der Waals surface area contributed by atoms with Gasteiger partial charge in [-0.1, -0.05) is 0 Å². The Labute approximate surface area is 147 Å². The number of nitrogens with one attached hydrogen (secondary N) is 2. The zero-order valence-electron chi connectivity index (χ0n) is 14.4. The molecule has 0 spiro atoms. The van der Waals surface area contributed by atoms with Gasteiger partial charge in [0, 0.05) is 24.2 Å². The molecule has 25 heavy (non-hydrogen) atoms. The molecule has 132 valence electrons. The van der Waals surface area contributed by atoms with Crippen LogP contribution < -0.4 is 20.1 Å². The lowest BCUT2D eigenvalue weighted by molar-refractivity contribution is -0.117. The minimum atomic E-state index is -0.123. The molecular weight excluding hydrogens is 320 g/mol. The SMILES string of the molecule is COc1ccc(NC(=O)CCCC(=O)Nc2ccc(OC)cc2)cc1. The third-order valence-corrected chi connectivity index (χ3v) is 3.56. The predicted molar refractivity (Wildman–Crippen MR) is 97.1 cm³/mol. The third kappa shape index (κ3) is 6.18. The Kier molecular flexibility index (Phi) is 6.83. The van der Waals surface area contributed by atoms with E-state index in [0.717, 1.165) is 11.5 Å². The van der Waals surface area contributed by atoms with Crippen molar-refractivity contribution in [2.24, 2.45) is 0 Å². The standard InChI is InChI=1S/C19H22N2O4/c1-24-16-10-6-14(7-11-16)20-18(22)4-3-5-19(23)21-15-8-12-17(25-2)13-9-15/h6-13H,3-5H2,1-2H3,(H,20,22)(H,21,23). The second-order valence-electron chi connectivity index (χ2n) is 5.41. The predicted octanol–water partition coefficient (Wildman–Crippen LogP) is 3.45. The largest absolute Gasteiger partial charge is 0.497 e. The van der Waals surface area contributed by atoms with Crippen molar-refractivity contribution in [2.45, 2.75) is 19.3 Å². The topological polar surface area (TPSA) is 76.7 Å². The molecule has 2 N–H and O–H groups in total. The Morgan fingerprint density at radius 2 is 1.08 bits per heavy atom. The van der Waals surface area contributed by atoms with Gasteiger partial charge in [-0.2, -0.15) is 0 Å². The number of rotatable bonds is 8. The second kappa shape index (κ2) is 9.32. The molecule has 6 nitrogen and oxygen atoms in total. The molecule has 0 saturated heterocycles. The minimum absolute atomic E-state index is 0.123. The number of benzene rings is 2. The van der Waals surface area contributed by atoms with E-state index in [2.05, 4.69) is 10.6 Å². The molecule has 0 heterocycles. The maximum Gasteiger partial charge on any atom is 0.224 e. The van der Waals surface area contributed by atoms with Gasteiger partial charge < -0.3 is 20.1 Å². The van der Waals surface area contributed by atoms with E-state index in [1.54, 1.807) is 62.8 Å². The summed E-state index contributed by atoms with van der Waals surface area (Å²) in [5, 5.41) is 5.58. The minimum Gasteiger partial charge on any atom is -0.497 e.